The number of thiazole rings is 1. The van der Waals surface area contributed by atoms with E-state index in [0.717, 1.165) is 42.4 Å². The van der Waals surface area contributed by atoms with Gasteiger partial charge in [0.2, 0.25) is 0 Å². The molecule has 2 heterocycles. The zero-order valence-electron chi connectivity index (χ0n) is 18.1. The topological polar surface area (TPSA) is 98.9 Å². The molecule has 2 aromatic rings. The molecule has 0 radical (unpaired) electrons. The summed E-state index contributed by atoms with van der Waals surface area (Å²) in [5.41, 5.74) is 7.30. The van der Waals surface area contributed by atoms with E-state index in [1.165, 1.54) is 17.5 Å². The minimum absolute atomic E-state index is 0.205. The van der Waals surface area contributed by atoms with Crippen molar-refractivity contribution in [3.05, 3.63) is 51.8 Å². The van der Waals surface area contributed by atoms with Gasteiger partial charge in [-0.3, -0.25) is 4.79 Å². The molecule has 0 aliphatic carbocycles. The van der Waals surface area contributed by atoms with Gasteiger partial charge < -0.3 is 26.2 Å². The summed E-state index contributed by atoms with van der Waals surface area (Å²) in [4.78, 5) is 25.3. The van der Waals surface area contributed by atoms with Crippen molar-refractivity contribution in [1.29, 1.82) is 0 Å². The minimum Gasteiger partial charge on any atom is -0.365 e. The number of nitrogens with zero attached hydrogens (tertiary/aromatic N) is 4. The lowest BCUT2D eigenvalue weighted by molar-refractivity contribution is 0.100. The van der Waals surface area contributed by atoms with Crippen LogP contribution in [0.5, 0.6) is 0 Å². The van der Waals surface area contributed by atoms with Gasteiger partial charge in [0.05, 0.1) is 16.9 Å². The first kappa shape index (κ1) is 23.1. The van der Waals surface area contributed by atoms with Crippen LogP contribution in [0.3, 0.4) is 0 Å². The number of primary amides is 1. The standard InChI is InChI=1S/C21H28ClN7OS/c1-13-7-5-8-15(22)19(13)29-14(2)26-17(28(4)10-6-9-24-3)11-18(29)27-21-25-12-16(31-21)20(23)30/h5,7-8,11-12,14,24H,6,9-10H2,1-4H3,(H2,23,30)(H,25,27). The number of nitrogens with one attached hydrogen (secondary N) is 2. The smallest absolute Gasteiger partial charge is 0.260 e. The van der Waals surface area contributed by atoms with Gasteiger partial charge in [-0.05, 0) is 45.5 Å². The molecule has 1 unspecified atom stereocenters. The summed E-state index contributed by atoms with van der Waals surface area (Å²) in [6.45, 7) is 5.84. The summed E-state index contributed by atoms with van der Waals surface area (Å²) < 4.78 is 0. The Morgan fingerprint density at radius 3 is 2.84 bits per heavy atom. The van der Waals surface area contributed by atoms with Crippen LogP contribution in [0.15, 0.2) is 41.3 Å². The molecule has 0 fully saturated rings. The molecule has 0 bridgehead atoms. The molecular formula is C21H28ClN7OS. The van der Waals surface area contributed by atoms with Crippen LogP contribution in [0.4, 0.5) is 10.8 Å². The Balaban J connectivity index is 1.98. The molecular weight excluding hydrogens is 434 g/mol. The van der Waals surface area contributed by atoms with E-state index in [2.05, 4.69) is 20.5 Å². The molecule has 4 N–H and O–H groups in total. The number of aliphatic imine (C=N–C) groups is 1. The summed E-state index contributed by atoms with van der Waals surface area (Å²) in [6, 6.07) is 5.81. The van der Waals surface area contributed by atoms with E-state index >= 15 is 0 Å². The van der Waals surface area contributed by atoms with Gasteiger partial charge in [-0.25, -0.2) is 9.98 Å². The summed E-state index contributed by atoms with van der Waals surface area (Å²) in [6.07, 6.45) is 4.25. The maximum atomic E-state index is 11.5. The van der Waals surface area contributed by atoms with E-state index in [0.29, 0.717) is 15.0 Å². The average Bonchev–Trinajstić information content (AvgIpc) is 3.18. The molecule has 3 rings (SSSR count). The molecule has 1 aliphatic heterocycles. The number of nitrogens with two attached hydrogens (primary N) is 1. The third-order valence-electron chi connectivity index (χ3n) is 4.94. The first-order chi connectivity index (χ1) is 14.8. The van der Waals surface area contributed by atoms with Gasteiger partial charge in [0.25, 0.3) is 5.91 Å². The Morgan fingerprint density at radius 2 is 2.19 bits per heavy atom. The lowest BCUT2D eigenvalue weighted by Gasteiger charge is -2.37. The highest BCUT2D eigenvalue weighted by Crippen LogP contribution is 2.36. The number of aromatic nitrogens is 1. The minimum atomic E-state index is -0.498. The monoisotopic (exact) mass is 461 g/mol. The number of hydrogen-bond donors (Lipinski definition) is 3. The molecule has 166 valence electrons. The van der Waals surface area contributed by atoms with E-state index in [-0.39, 0.29) is 6.17 Å². The summed E-state index contributed by atoms with van der Waals surface area (Å²) >= 11 is 7.80. The fourth-order valence-corrected chi connectivity index (χ4v) is 4.37. The Hall–Kier alpha value is -2.62. The number of anilines is 2. The Bertz CT molecular complexity index is 983. The van der Waals surface area contributed by atoms with E-state index in [9.17, 15) is 4.79 Å². The number of amides is 1. The van der Waals surface area contributed by atoms with Crippen LogP contribution in [-0.2, 0) is 0 Å². The first-order valence-electron chi connectivity index (χ1n) is 10.0. The number of amidine groups is 1. The molecule has 1 amide bonds. The second-order valence-electron chi connectivity index (χ2n) is 7.32. The molecule has 10 heteroatoms. The molecule has 0 spiro atoms. The maximum Gasteiger partial charge on any atom is 0.260 e. The van der Waals surface area contributed by atoms with Gasteiger partial charge in [0.15, 0.2) is 5.13 Å². The van der Waals surface area contributed by atoms with Gasteiger partial charge in [-0.15, -0.1) is 0 Å². The number of carbonyl (C=O) groups is 1. The molecule has 1 aromatic carbocycles. The molecule has 8 nitrogen and oxygen atoms in total. The Labute approximate surface area is 191 Å². The average molecular weight is 462 g/mol. The number of likely N-dealkylation sites (N-methyl/N-ethyl adjacent to an activating group) is 1. The molecule has 0 saturated carbocycles. The Morgan fingerprint density at radius 1 is 1.42 bits per heavy atom. The van der Waals surface area contributed by atoms with Crippen molar-refractivity contribution in [1.82, 2.24) is 15.2 Å². The highest BCUT2D eigenvalue weighted by molar-refractivity contribution is 7.17. The SMILES string of the molecule is CNCCCN(C)C1=NC(C)N(c2c(C)cccc2Cl)C(Nc2ncc(C(N)=O)s2)=C1. The van der Waals surface area contributed by atoms with Crippen molar-refractivity contribution in [3.63, 3.8) is 0 Å². The second-order valence-corrected chi connectivity index (χ2v) is 8.76. The number of benzene rings is 1. The highest BCUT2D eigenvalue weighted by Gasteiger charge is 2.28. The lowest BCUT2D eigenvalue weighted by Crippen LogP contribution is -2.42. The molecule has 1 aliphatic rings. The predicted octanol–water partition coefficient (Wildman–Crippen LogP) is 3.26. The van der Waals surface area contributed by atoms with Crippen molar-refractivity contribution >= 4 is 45.5 Å². The maximum absolute atomic E-state index is 11.5. The molecule has 31 heavy (non-hydrogen) atoms. The summed E-state index contributed by atoms with van der Waals surface area (Å²) in [7, 11) is 3.97. The number of carbonyl (C=O) groups excluding carboxylic acids is 1. The predicted molar refractivity (Wildman–Crippen MR) is 129 cm³/mol. The fourth-order valence-electron chi connectivity index (χ4n) is 3.38. The normalized spacial score (nSPS) is 16.0. The van der Waals surface area contributed by atoms with E-state index in [1.807, 2.05) is 57.1 Å². The lowest BCUT2D eigenvalue weighted by atomic mass is 10.1. The van der Waals surface area contributed by atoms with Gasteiger partial charge >= 0.3 is 0 Å². The van der Waals surface area contributed by atoms with Crippen LogP contribution >= 0.6 is 22.9 Å². The van der Waals surface area contributed by atoms with Crippen LogP contribution in [-0.4, -0.2) is 55.0 Å². The Kier molecular flexibility index (Phi) is 7.53. The van der Waals surface area contributed by atoms with Gasteiger partial charge in [-0.1, -0.05) is 35.1 Å². The van der Waals surface area contributed by atoms with Crippen molar-refractivity contribution in [2.75, 3.05) is 37.4 Å². The van der Waals surface area contributed by atoms with Crippen LogP contribution in [0.1, 0.15) is 28.6 Å². The van der Waals surface area contributed by atoms with Crippen LogP contribution in [0.2, 0.25) is 5.02 Å². The molecule has 1 aromatic heterocycles. The number of para-hydroxylation sites is 1. The van der Waals surface area contributed by atoms with Gasteiger partial charge in [0.1, 0.15) is 22.7 Å². The van der Waals surface area contributed by atoms with Crippen LogP contribution in [0, 0.1) is 6.92 Å². The third-order valence-corrected chi connectivity index (χ3v) is 6.17. The van der Waals surface area contributed by atoms with E-state index in [4.69, 9.17) is 22.3 Å². The number of aryl methyl sites for hydroxylation is 1. The molecule has 1 atom stereocenters. The number of halogens is 1. The van der Waals surface area contributed by atoms with Crippen molar-refractivity contribution in [2.45, 2.75) is 26.4 Å². The number of rotatable bonds is 8. The largest absolute Gasteiger partial charge is 0.365 e. The van der Waals surface area contributed by atoms with Crippen LogP contribution in [0.25, 0.3) is 0 Å². The van der Waals surface area contributed by atoms with Crippen molar-refractivity contribution in [3.8, 4) is 0 Å². The fraction of sp³-hybridized carbons (Fsp3) is 0.381. The highest BCUT2D eigenvalue weighted by atomic mass is 35.5. The second kappa shape index (κ2) is 10.1. The van der Waals surface area contributed by atoms with E-state index in [1.54, 1.807) is 0 Å². The third kappa shape index (κ3) is 5.36. The van der Waals surface area contributed by atoms with E-state index < -0.39 is 5.91 Å². The summed E-state index contributed by atoms with van der Waals surface area (Å²) in [5.74, 6) is 1.14. The van der Waals surface area contributed by atoms with Crippen LogP contribution < -0.4 is 21.3 Å². The van der Waals surface area contributed by atoms with Crippen molar-refractivity contribution in [2.24, 2.45) is 10.7 Å². The van der Waals surface area contributed by atoms with Crippen molar-refractivity contribution < 1.29 is 4.79 Å². The summed E-state index contributed by atoms with van der Waals surface area (Å²) in [5, 5.41) is 7.72. The molecule has 0 saturated heterocycles. The number of hydrogen-bond acceptors (Lipinski definition) is 8. The first-order valence-corrected chi connectivity index (χ1v) is 11.2. The van der Waals surface area contributed by atoms with Gasteiger partial charge in [-0.2, -0.15) is 0 Å². The zero-order chi connectivity index (χ0) is 22.5. The quantitative estimate of drug-likeness (QED) is 0.522. The van der Waals surface area contributed by atoms with Gasteiger partial charge in [0, 0.05) is 19.7 Å². The zero-order valence-corrected chi connectivity index (χ0v) is 19.7.